The van der Waals surface area contributed by atoms with Crippen LogP contribution in [0.1, 0.15) is 10.4 Å². The first-order valence-corrected chi connectivity index (χ1v) is 5.82. The molecule has 19 heavy (non-hydrogen) atoms. The molecule has 0 saturated heterocycles. The Balaban J connectivity index is 2.08. The normalized spacial score (nSPS) is 10.3. The molecule has 2 aromatic carbocycles. The second-order valence-electron chi connectivity index (χ2n) is 4.27. The van der Waals surface area contributed by atoms with Crippen molar-refractivity contribution in [2.45, 2.75) is 0 Å². The molecule has 0 saturated carbocycles. The Morgan fingerprint density at radius 2 is 1.74 bits per heavy atom. The molecule has 2 rings (SSSR count). The van der Waals surface area contributed by atoms with Crippen LogP contribution in [0.25, 0.3) is 0 Å². The van der Waals surface area contributed by atoms with Crippen molar-refractivity contribution in [3.05, 3.63) is 65.7 Å². The van der Waals surface area contributed by atoms with Gasteiger partial charge in [-0.15, -0.1) is 0 Å². The first-order valence-electron chi connectivity index (χ1n) is 5.82. The molecule has 0 aliphatic heterocycles. The van der Waals surface area contributed by atoms with E-state index in [1.807, 2.05) is 0 Å². The maximum atomic E-state index is 13.0. The molecule has 0 N–H and O–H groups in total. The largest absolute Gasteiger partial charge is 0.367 e. The second kappa shape index (κ2) is 5.61. The average Bonchev–Trinajstić information content (AvgIpc) is 2.39. The molecular formula is C15H13F2NO. The van der Waals surface area contributed by atoms with E-state index in [9.17, 15) is 13.6 Å². The number of hydrogen-bond acceptors (Lipinski definition) is 2. The molecule has 0 radical (unpaired) electrons. The molecule has 0 bridgehead atoms. The lowest BCUT2D eigenvalue weighted by atomic mass is 10.1. The van der Waals surface area contributed by atoms with Crippen LogP contribution in [0.15, 0.2) is 48.5 Å². The first-order chi connectivity index (χ1) is 9.06. The Morgan fingerprint density at radius 3 is 2.37 bits per heavy atom. The third-order valence-electron chi connectivity index (χ3n) is 2.79. The topological polar surface area (TPSA) is 20.3 Å². The van der Waals surface area contributed by atoms with E-state index < -0.39 is 5.82 Å². The van der Waals surface area contributed by atoms with Gasteiger partial charge in [0.15, 0.2) is 5.78 Å². The minimum Gasteiger partial charge on any atom is -0.367 e. The molecule has 0 fully saturated rings. The van der Waals surface area contributed by atoms with Gasteiger partial charge in [0.25, 0.3) is 0 Å². The van der Waals surface area contributed by atoms with E-state index in [4.69, 9.17) is 0 Å². The maximum Gasteiger partial charge on any atom is 0.182 e. The molecule has 0 aliphatic carbocycles. The lowest BCUT2D eigenvalue weighted by Gasteiger charge is -2.18. The van der Waals surface area contributed by atoms with Gasteiger partial charge in [-0.2, -0.15) is 0 Å². The highest BCUT2D eigenvalue weighted by molar-refractivity contribution is 5.99. The van der Waals surface area contributed by atoms with Gasteiger partial charge in [-0.1, -0.05) is 12.1 Å². The van der Waals surface area contributed by atoms with Crippen molar-refractivity contribution >= 4 is 11.5 Å². The van der Waals surface area contributed by atoms with E-state index in [0.29, 0.717) is 5.56 Å². The Bertz CT molecular complexity index is 581. The molecule has 0 aliphatic rings. The van der Waals surface area contributed by atoms with Crippen molar-refractivity contribution in [3.8, 4) is 0 Å². The molecule has 0 unspecified atom stereocenters. The van der Waals surface area contributed by atoms with E-state index in [0.717, 1.165) is 5.69 Å². The van der Waals surface area contributed by atoms with Crippen LogP contribution in [0, 0.1) is 11.6 Å². The van der Waals surface area contributed by atoms with Crippen LogP contribution in [0.2, 0.25) is 0 Å². The van der Waals surface area contributed by atoms with E-state index in [1.165, 1.54) is 30.3 Å². The number of anilines is 1. The van der Waals surface area contributed by atoms with Gasteiger partial charge in [0, 0.05) is 18.3 Å². The van der Waals surface area contributed by atoms with Crippen LogP contribution in [0.5, 0.6) is 0 Å². The predicted molar refractivity (Wildman–Crippen MR) is 70.4 cm³/mol. The number of nitrogens with zero attached hydrogens (tertiary/aromatic N) is 1. The van der Waals surface area contributed by atoms with Gasteiger partial charge < -0.3 is 4.90 Å². The van der Waals surface area contributed by atoms with Crippen LogP contribution < -0.4 is 4.90 Å². The van der Waals surface area contributed by atoms with Crippen molar-refractivity contribution in [3.63, 3.8) is 0 Å². The van der Waals surface area contributed by atoms with Gasteiger partial charge in [-0.3, -0.25) is 4.79 Å². The molecule has 4 heteroatoms. The standard InChI is InChI=1S/C15H13F2NO/c1-18(14-7-5-12(16)6-8-14)10-15(19)11-3-2-4-13(17)9-11/h2-9H,10H2,1H3. The monoisotopic (exact) mass is 261 g/mol. The van der Waals surface area contributed by atoms with Gasteiger partial charge in [-0.25, -0.2) is 8.78 Å². The molecule has 98 valence electrons. The molecule has 2 aromatic rings. The van der Waals surface area contributed by atoms with Crippen LogP contribution in [0.3, 0.4) is 0 Å². The zero-order valence-electron chi connectivity index (χ0n) is 10.4. The van der Waals surface area contributed by atoms with Crippen LogP contribution >= 0.6 is 0 Å². The first kappa shape index (κ1) is 13.2. The summed E-state index contributed by atoms with van der Waals surface area (Å²) in [6.45, 7) is 0.106. The molecule has 2 nitrogen and oxygen atoms in total. The number of hydrogen-bond donors (Lipinski definition) is 0. The zero-order chi connectivity index (χ0) is 13.8. The van der Waals surface area contributed by atoms with Crippen LogP contribution in [0.4, 0.5) is 14.5 Å². The highest BCUT2D eigenvalue weighted by Gasteiger charge is 2.10. The fourth-order valence-electron chi connectivity index (χ4n) is 1.76. The minimum atomic E-state index is -0.435. The second-order valence-corrected chi connectivity index (χ2v) is 4.27. The number of benzene rings is 2. The van der Waals surface area contributed by atoms with Gasteiger partial charge in [0.05, 0.1) is 6.54 Å². The van der Waals surface area contributed by atoms with Crippen molar-refractivity contribution in [2.75, 3.05) is 18.5 Å². The summed E-state index contributed by atoms with van der Waals surface area (Å²) < 4.78 is 25.8. The highest BCUT2D eigenvalue weighted by Crippen LogP contribution is 2.14. The molecule has 0 heterocycles. The Labute approximate surface area is 110 Å². The van der Waals surface area contributed by atoms with Gasteiger partial charge in [0.2, 0.25) is 0 Å². The van der Waals surface area contributed by atoms with Gasteiger partial charge >= 0.3 is 0 Å². The quantitative estimate of drug-likeness (QED) is 0.787. The van der Waals surface area contributed by atoms with E-state index in [2.05, 4.69) is 0 Å². The predicted octanol–water partition coefficient (Wildman–Crippen LogP) is 3.28. The number of likely N-dealkylation sites (N-methyl/N-ethyl adjacent to an activating group) is 1. The molecule has 0 aromatic heterocycles. The Hall–Kier alpha value is -2.23. The zero-order valence-corrected chi connectivity index (χ0v) is 10.4. The summed E-state index contributed by atoms with van der Waals surface area (Å²) in [5.74, 6) is -0.949. The number of Topliss-reactive ketones (excluding diaryl/α,β-unsaturated/α-hetero) is 1. The molecule has 0 spiro atoms. The average molecular weight is 261 g/mol. The van der Waals surface area contributed by atoms with Crippen molar-refractivity contribution in [1.29, 1.82) is 0 Å². The van der Waals surface area contributed by atoms with Crippen LogP contribution in [-0.2, 0) is 0 Å². The summed E-state index contributed by atoms with van der Waals surface area (Å²) in [6, 6.07) is 11.4. The minimum absolute atomic E-state index is 0.106. The molecular weight excluding hydrogens is 248 g/mol. The fourth-order valence-corrected chi connectivity index (χ4v) is 1.76. The fraction of sp³-hybridized carbons (Fsp3) is 0.133. The number of ketones is 1. The summed E-state index contributed by atoms with van der Waals surface area (Å²) >= 11 is 0. The smallest absolute Gasteiger partial charge is 0.182 e. The van der Waals surface area contributed by atoms with Crippen molar-refractivity contribution in [2.24, 2.45) is 0 Å². The summed E-state index contributed by atoms with van der Waals surface area (Å²) in [5.41, 5.74) is 1.06. The Kier molecular flexibility index (Phi) is 3.90. The lowest BCUT2D eigenvalue weighted by molar-refractivity contribution is 0.1000. The number of carbonyl (C=O) groups is 1. The highest BCUT2D eigenvalue weighted by atomic mass is 19.1. The summed E-state index contributed by atoms with van der Waals surface area (Å²) in [6.07, 6.45) is 0. The maximum absolute atomic E-state index is 13.0. The summed E-state index contributed by atoms with van der Waals surface area (Å²) in [7, 11) is 1.73. The van der Waals surface area contributed by atoms with Crippen molar-refractivity contribution < 1.29 is 13.6 Å². The number of carbonyl (C=O) groups excluding carboxylic acids is 1. The summed E-state index contributed by atoms with van der Waals surface area (Å²) in [5, 5.41) is 0. The van der Waals surface area contributed by atoms with Crippen LogP contribution in [-0.4, -0.2) is 19.4 Å². The number of rotatable bonds is 4. The Morgan fingerprint density at radius 1 is 1.05 bits per heavy atom. The lowest BCUT2D eigenvalue weighted by Crippen LogP contribution is -2.25. The third kappa shape index (κ3) is 3.37. The SMILES string of the molecule is CN(CC(=O)c1cccc(F)c1)c1ccc(F)cc1. The number of halogens is 2. The van der Waals surface area contributed by atoms with Gasteiger partial charge in [0.1, 0.15) is 11.6 Å². The van der Waals surface area contributed by atoms with Crippen molar-refractivity contribution in [1.82, 2.24) is 0 Å². The van der Waals surface area contributed by atoms with E-state index >= 15 is 0 Å². The summed E-state index contributed by atoms with van der Waals surface area (Å²) in [4.78, 5) is 13.7. The molecule has 0 amide bonds. The third-order valence-corrected chi connectivity index (χ3v) is 2.79. The van der Waals surface area contributed by atoms with Gasteiger partial charge in [-0.05, 0) is 36.4 Å². The van der Waals surface area contributed by atoms with E-state index in [1.54, 1.807) is 30.1 Å². The van der Waals surface area contributed by atoms with E-state index in [-0.39, 0.29) is 18.1 Å². The molecule has 0 atom stereocenters.